The monoisotopic (exact) mass is 256 g/mol. The van der Waals surface area contributed by atoms with Crippen molar-refractivity contribution in [1.82, 2.24) is 10.2 Å². The molecule has 0 atom stereocenters. The highest BCUT2D eigenvalue weighted by molar-refractivity contribution is 6.31. The maximum absolute atomic E-state index is 13.2. The number of halogens is 2. The van der Waals surface area contributed by atoms with Crippen LogP contribution in [0.15, 0.2) is 18.2 Å². The van der Waals surface area contributed by atoms with E-state index in [1.165, 1.54) is 17.0 Å². The average molecular weight is 257 g/mol. The van der Waals surface area contributed by atoms with Crippen LogP contribution in [-0.2, 0) is 16.1 Å². The second-order valence-electron chi connectivity index (χ2n) is 3.74. The second-order valence-corrected chi connectivity index (χ2v) is 4.12. The van der Waals surface area contributed by atoms with Gasteiger partial charge in [-0.25, -0.2) is 4.39 Å². The number of piperazine rings is 1. The van der Waals surface area contributed by atoms with Crippen LogP contribution in [0.2, 0.25) is 5.02 Å². The number of hydrogen-bond donors (Lipinski definition) is 1. The highest BCUT2D eigenvalue weighted by atomic mass is 35.5. The summed E-state index contributed by atoms with van der Waals surface area (Å²) < 4.78 is 13.2. The van der Waals surface area contributed by atoms with Crippen molar-refractivity contribution in [3.63, 3.8) is 0 Å². The summed E-state index contributed by atoms with van der Waals surface area (Å²) in [6.07, 6.45) is 0. The van der Waals surface area contributed by atoms with E-state index in [4.69, 9.17) is 11.6 Å². The first-order valence-corrected chi connectivity index (χ1v) is 5.43. The fourth-order valence-corrected chi connectivity index (χ4v) is 1.81. The van der Waals surface area contributed by atoms with E-state index in [2.05, 4.69) is 5.32 Å². The zero-order chi connectivity index (χ0) is 12.4. The molecule has 0 saturated carbocycles. The lowest BCUT2D eigenvalue weighted by molar-refractivity contribution is -0.141. The summed E-state index contributed by atoms with van der Waals surface area (Å²) >= 11 is 5.78. The normalized spacial score (nSPS) is 16.0. The van der Waals surface area contributed by atoms with Crippen molar-refractivity contribution in [2.45, 2.75) is 6.54 Å². The Morgan fingerprint density at radius 1 is 1.41 bits per heavy atom. The number of carbonyl (C=O) groups is 2. The van der Waals surface area contributed by atoms with Crippen LogP contribution in [-0.4, -0.2) is 29.8 Å². The van der Waals surface area contributed by atoms with E-state index in [0.29, 0.717) is 5.56 Å². The Balaban J connectivity index is 2.17. The molecule has 1 saturated heterocycles. The van der Waals surface area contributed by atoms with Crippen LogP contribution in [0.25, 0.3) is 0 Å². The molecule has 6 heteroatoms. The molecule has 0 bridgehead atoms. The molecule has 1 fully saturated rings. The molecule has 1 aliphatic rings. The Bertz CT molecular complexity index is 479. The minimum absolute atomic E-state index is 0.00807. The molecule has 0 aliphatic carbocycles. The summed E-state index contributed by atoms with van der Waals surface area (Å²) in [7, 11) is 0. The van der Waals surface area contributed by atoms with Gasteiger partial charge in [0.05, 0.1) is 18.1 Å². The number of hydrogen-bond acceptors (Lipinski definition) is 2. The average Bonchev–Trinajstić information content (AvgIpc) is 2.30. The van der Waals surface area contributed by atoms with Gasteiger partial charge in [0.15, 0.2) is 0 Å². The summed E-state index contributed by atoms with van der Waals surface area (Å²) in [5.74, 6) is -0.958. The Morgan fingerprint density at radius 3 is 2.94 bits per heavy atom. The van der Waals surface area contributed by atoms with Gasteiger partial charge in [0.25, 0.3) is 0 Å². The third kappa shape index (κ3) is 2.55. The smallest absolute Gasteiger partial charge is 0.242 e. The molecule has 0 radical (unpaired) electrons. The highest BCUT2D eigenvalue weighted by Gasteiger charge is 2.23. The lowest BCUT2D eigenvalue weighted by Crippen LogP contribution is -2.51. The molecule has 1 heterocycles. The van der Waals surface area contributed by atoms with Gasteiger partial charge in [0.1, 0.15) is 5.82 Å². The van der Waals surface area contributed by atoms with Crippen molar-refractivity contribution >= 4 is 23.4 Å². The van der Waals surface area contributed by atoms with Gasteiger partial charge in [-0.05, 0) is 11.6 Å². The van der Waals surface area contributed by atoms with Gasteiger partial charge in [-0.2, -0.15) is 0 Å². The summed E-state index contributed by atoms with van der Waals surface area (Å²) in [6, 6.07) is 4.40. The van der Waals surface area contributed by atoms with Crippen molar-refractivity contribution in [3.05, 3.63) is 34.6 Å². The molecular formula is C11H10ClFN2O2. The second kappa shape index (κ2) is 4.71. The molecule has 4 nitrogen and oxygen atoms in total. The van der Waals surface area contributed by atoms with E-state index >= 15 is 0 Å². The Kier molecular flexibility index (Phi) is 3.28. The summed E-state index contributed by atoms with van der Waals surface area (Å²) in [5.41, 5.74) is 0.495. The maximum Gasteiger partial charge on any atom is 0.242 e. The largest absolute Gasteiger partial charge is 0.345 e. The molecule has 1 aliphatic heterocycles. The van der Waals surface area contributed by atoms with Crippen LogP contribution in [0.5, 0.6) is 0 Å². The third-order valence-electron chi connectivity index (χ3n) is 2.52. The van der Waals surface area contributed by atoms with Crippen LogP contribution in [0.3, 0.4) is 0 Å². The third-order valence-corrected chi connectivity index (χ3v) is 2.94. The van der Waals surface area contributed by atoms with Crippen LogP contribution in [0.1, 0.15) is 5.56 Å². The van der Waals surface area contributed by atoms with Crippen LogP contribution in [0, 0.1) is 5.82 Å². The summed E-state index contributed by atoms with van der Waals surface area (Å²) in [5, 5.41) is 2.43. The molecule has 0 unspecified atom stereocenters. The fourth-order valence-electron chi connectivity index (χ4n) is 1.62. The molecule has 1 aromatic rings. The van der Waals surface area contributed by atoms with Gasteiger partial charge >= 0.3 is 0 Å². The first-order valence-electron chi connectivity index (χ1n) is 5.05. The van der Waals surface area contributed by atoms with Gasteiger partial charge in [-0.1, -0.05) is 23.7 Å². The zero-order valence-electron chi connectivity index (χ0n) is 8.87. The molecule has 0 aromatic heterocycles. The Labute approximate surface area is 102 Å². The van der Waals surface area contributed by atoms with E-state index in [1.54, 1.807) is 6.07 Å². The molecule has 1 N–H and O–H groups in total. The predicted octanol–water partition coefficient (Wildman–Crippen LogP) is 0.938. The van der Waals surface area contributed by atoms with Crippen molar-refractivity contribution in [2.75, 3.05) is 13.1 Å². The van der Waals surface area contributed by atoms with Gasteiger partial charge < -0.3 is 10.2 Å². The minimum Gasteiger partial charge on any atom is -0.345 e. The van der Waals surface area contributed by atoms with E-state index in [9.17, 15) is 14.0 Å². The number of amides is 2. The summed E-state index contributed by atoms with van der Waals surface area (Å²) in [4.78, 5) is 24.0. The lowest BCUT2D eigenvalue weighted by atomic mass is 10.2. The van der Waals surface area contributed by atoms with Crippen LogP contribution >= 0.6 is 11.6 Å². The van der Waals surface area contributed by atoms with E-state index in [1.807, 2.05) is 0 Å². The molecular weight excluding hydrogens is 247 g/mol. The highest BCUT2D eigenvalue weighted by Crippen LogP contribution is 2.21. The number of rotatable bonds is 2. The van der Waals surface area contributed by atoms with Crippen molar-refractivity contribution < 1.29 is 14.0 Å². The number of benzene rings is 1. The first-order chi connectivity index (χ1) is 8.08. The van der Waals surface area contributed by atoms with Crippen molar-refractivity contribution in [2.24, 2.45) is 0 Å². The van der Waals surface area contributed by atoms with Crippen LogP contribution in [0.4, 0.5) is 4.39 Å². The molecule has 2 rings (SSSR count). The zero-order valence-corrected chi connectivity index (χ0v) is 9.63. The van der Waals surface area contributed by atoms with Gasteiger partial charge in [-0.3, -0.25) is 9.59 Å². The number of nitrogens with one attached hydrogen (secondary N) is 1. The lowest BCUT2D eigenvalue weighted by Gasteiger charge is -2.26. The molecule has 17 heavy (non-hydrogen) atoms. The number of nitrogens with zero attached hydrogens (tertiary/aromatic N) is 1. The van der Waals surface area contributed by atoms with E-state index in [-0.39, 0.29) is 36.5 Å². The minimum atomic E-state index is -0.530. The van der Waals surface area contributed by atoms with Crippen LogP contribution < -0.4 is 5.32 Å². The van der Waals surface area contributed by atoms with Gasteiger partial charge in [-0.15, -0.1) is 0 Å². The summed E-state index contributed by atoms with van der Waals surface area (Å²) in [6.45, 7) is 0.0975. The Hall–Kier alpha value is -1.62. The van der Waals surface area contributed by atoms with E-state index < -0.39 is 5.82 Å². The SMILES string of the molecule is O=C1CN(Cc2cccc(F)c2Cl)C(=O)CN1. The van der Waals surface area contributed by atoms with Gasteiger partial charge in [0.2, 0.25) is 11.8 Å². The van der Waals surface area contributed by atoms with Gasteiger partial charge in [0, 0.05) is 6.54 Å². The fraction of sp³-hybridized carbons (Fsp3) is 0.273. The topological polar surface area (TPSA) is 49.4 Å². The van der Waals surface area contributed by atoms with Crippen molar-refractivity contribution in [1.29, 1.82) is 0 Å². The quantitative estimate of drug-likeness (QED) is 0.856. The molecule has 1 aromatic carbocycles. The van der Waals surface area contributed by atoms with E-state index in [0.717, 1.165) is 0 Å². The molecule has 0 spiro atoms. The Morgan fingerprint density at radius 2 is 2.18 bits per heavy atom. The first kappa shape index (κ1) is 11.9. The standard InChI is InChI=1S/C11H10ClFN2O2/c12-11-7(2-1-3-8(11)13)5-15-6-9(16)14-4-10(15)17/h1-3H,4-6H2,(H,14,16). The predicted molar refractivity (Wildman–Crippen MR) is 59.8 cm³/mol. The van der Waals surface area contributed by atoms with Crippen molar-refractivity contribution in [3.8, 4) is 0 Å². The number of carbonyl (C=O) groups excluding carboxylic acids is 2. The maximum atomic E-state index is 13.2. The molecule has 2 amide bonds. The molecule has 90 valence electrons.